The van der Waals surface area contributed by atoms with Crippen LogP contribution in [0.15, 0.2) is 23.3 Å². The van der Waals surface area contributed by atoms with Crippen molar-refractivity contribution in [3.63, 3.8) is 0 Å². The molecule has 86 heavy (non-hydrogen) atoms. The number of fused-ring (bicyclic) bond motifs is 6. The van der Waals surface area contributed by atoms with Crippen molar-refractivity contribution >= 4 is 5.97 Å². The molecular formula is C60H96O26. The first-order valence-electron chi connectivity index (χ1n) is 30.8. The molecule has 0 radical (unpaired) electrons. The summed E-state index contributed by atoms with van der Waals surface area (Å²) < 4.78 is 59.7. The molecule has 492 valence electrons. The maximum Gasteiger partial charge on any atom is 0.318 e. The number of allylic oxidation sites excluding steroid dienone is 3. The molecular weight excluding hydrogens is 1140 g/mol. The second kappa shape index (κ2) is 24.5. The van der Waals surface area contributed by atoms with E-state index < -0.39 is 202 Å². The molecule has 26 heteroatoms. The molecule has 0 amide bonds. The standard InChI is InChI=1S/C60H96O26/c1-24-34(63)38(67)43(72)50(78-24)84-47-29(22-62)81-49(46(75)42(47)71)77-23-30-37(66)40(69)45(74)52(82-30)86-54(76)60-18-16-55(3,4)20-27(60)26-10-11-32-57(7)14-13-33(56(5,6)31(57)12-15-59(32,9)58(26,8)17-19-60)83-53-48(41(70)36(65)28(21-61)80-53)85-51-44(73)39(68)35(64)25(2)79-51/h10-11,24-25,28-53,61-75H,12-23H2,1-9H3/t24-,25-,28+,29+,30+,31-,32+,33-,34-,35-,36+,37+,38+,39+,40-,41-,42+,43+,44+,45+,46+,47+,48+,49+,50-,51-,52-,53-,57-,58+,59+,60-/m0/s1. The molecule has 8 fully saturated rings. The highest BCUT2D eigenvalue weighted by Gasteiger charge is 2.69. The van der Waals surface area contributed by atoms with E-state index in [1.165, 1.54) is 13.8 Å². The van der Waals surface area contributed by atoms with Gasteiger partial charge in [0.15, 0.2) is 25.2 Å². The van der Waals surface area contributed by atoms with Crippen LogP contribution in [0.4, 0.5) is 0 Å². The monoisotopic (exact) mass is 1230 g/mol. The lowest BCUT2D eigenvalue weighted by Crippen LogP contribution is -2.66. The van der Waals surface area contributed by atoms with Crippen molar-refractivity contribution in [2.45, 2.75) is 280 Å². The number of aliphatic hydroxyl groups excluding tert-OH is 15. The zero-order valence-corrected chi connectivity index (χ0v) is 50.5. The summed E-state index contributed by atoms with van der Waals surface area (Å²) in [5.74, 6) is -0.535. The van der Waals surface area contributed by atoms with Gasteiger partial charge in [-0.1, -0.05) is 60.6 Å². The van der Waals surface area contributed by atoms with Crippen molar-refractivity contribution in [2.75, 3.05) is 19.8 Å². The van der Waals surface area contributed by atoms with E-state index in [4.69, 9.17) is 47.4 Å². The van der Waals surface area contributed by atoms with Gasteiger partial charge in [0.2, 0.25) is 6.29 Å². The molecule has 0 aromatic rings. The maximum absolute atomic E-state index is 15.2. The Balaban J connectivity index is 0.850. The van der Waals surface area contributed by atoms with Crippen LogP contribution in [-0.4, -0.2) is 262 Å². The highest BCUT2D eigenvalue weighted by atomic mass is 16.8. The second-order valence-electron chi connectivity index (χ2n) is 28.7. The molecule has 0 unspecified atom stereocenters. The molecule has 5 aliphatic carbocycles. The van der Waals surface area contributed by atoms with Crippen molar-refractivity contribution in [3.05, 3.63) is 23.3 Å². The Labute approximate surface area is 500 Å². The Morgan fingerprint density at radius 1 is 0.523 bits per heavy atom. The molecule has 0 bridgehead atoms. The molecule has 0 aromatic heterocycles. The van der Waals surface area contributed by atoms with Crippen LogP contribution in [0.5, 0.6) is 0 Å². The van der Waals surface area contributed by atoms with Gasteiger partial charge in [-0.3, -0.25) is 4.79 Å². The van der Waals surface area contributed by atoms with Crippen LogP contribution in [0.2, 0.25) is 0 Å². The van der Waals surface area contributed by atoms with E-state index in [1.807, 2.05) is 0 Å². The minimum atomic E-state index is -1.91. The van der Waals surface area contributed by atoms with E-state index in [9.17, 15) is 76.6 Å². The van der Waals surface area contributed by atoms with Crippen molar-refractivity contribution < 1.29 is 129 Å². The largest absolute Gasteiger partial charge is 0.432 e. The fraction of sp³-hybridized carbons (Fsp3) is 0.917. The summed E-state index contributed by atoms with van der Waals surface area (Å²) in [7, 11) is 0. The van der Waals surface area contributed by atoms with E-state index in [1.54, 1.807) is 0 Å². The normalized spacial score (nSPS) is 53.6. The SMILES string of the molecule is C[C@@H]1O[C@@H](O[C@H]2[C@H](O[C@H]3CC[C@]4(C)[C@H]5C=CC6=C7CC(C)(C)CC[C@]7(C(=O)O[C@@H]7O[C@H](CO[C@@H]8O[C@H](CO)[C@@H](O[C@@H]9O[C@@H](C)[C@H](O)[C@@H](O)[C@H]9O)[C@H](O)[C@H]8O)[C@@H](O)[C@H](O)[C@H]7O)CC[C@@]6(C)[C@]5(C)CC[C@H]4C3(C)C)O[C@H](CO)[C@@H](O)[C@@H]2O)[C@H](O)[C@H](O)[C@H]1O. The average Bonchev–Trinajstić information content (AvgIpc) is 0.710. The summed E-state index contributed by atoms with van der Waals surface area (Å²) in [4.78, 5) is 15.2. The van der Waals surface area contributed by atoms with Crippen LogP contribution in [0.25, 0.3) is 0 Å². The number of hydrogen-bond acceptors (Lipinski definition) is 26. The zero-order chi connectivity index (χ0) is 62.9. The number of ether oxygens (including phenoxy) is 10. The fourth-order valence-electron chi connectivity index (χ4n) is 17.1. The summed E-state index contributed by atoms with van der Waals surface area (Å²) in [6, 6.07) is 0. The lowest BCUT2D eigenvalue weighted by molar-refractivity contribution is -0.376. The minimum absolute atomic E-state index is 0.0521. The molecule has 26 nitrogen and oxygen atoms in total. The first-order chi connectivity index (χ1) is 40.2. The lowest BCUT2D eigenvalue weighted by atomic mass is 9.35. The average molecular weight is 1230 g/mol. The van der Waals surface area contributed by atoms with E-state index in [-0.39, 0.29) is 28.1 Å². The third-order valence-electron chi connectivity index (χ3n) is 22.8. The summed E-state index contributed by atoms with van der Waals surface area (Å²) in [5, 5.41) is 162. The van der Waals surface area contributed by atoms with Gasteiger partial charge in [-0.15, -0.1) is 0 Å². The minimum Gasteiger partial charge on any atom is -0.432 e. The Kier molecular flexibility index (Phi) is 19.0. The number of rotatable bonds is 13. The number of aliphatic hydroxyl groups is 15. The molecule has 10 rings (SSSR count). The topological polar surface area (TPSA) is 413 Å². The Bertz CT molecular complexity index is 2460. The van der Waals surface area contributed by atoms with Crippen molar-refractivity contribution in [2.24, 2.45) is 44.3 Å². The summed E-state index contributed by atoms with van der Waals surface area (Å²) in [6.07, 6.45) is -29.8. The highest BCUT2D eigenvalue weighted by Crippen LogP contribution is 2.74. The van der Waals surface area contributed by atoms with E-state index in [0.29, 0.717) is 44.9 Å². The van der Waals surface area contributed by atoms with Gasteiger partial charge in [-0.2, -0.15) is 0 Å². The van der Waals surface area contributed by atoms with Gasteiger partial charge in [0, 0.05) is 0 Å². The molecule has 5 aliphatic heterocycles. The van der Waals surface area contributed by atoms with E-state index in [2.05, 4.69) is 60.6 Å². The van der Waals surface area contributed by atoms with Gasteiger partial charge in [0.05, 0.1) is 43.5 Å². The van der Waals surface area contributed by atoms with Gasteiger partial charge >= 0.3 is 5.97 Å². The van der Waals surface area contributed by atoms with E-state index >= 15 is 4.79 Å². The molecule has 32 atom stereocenters. The molecule has 5 saturated heterocycles. The Morgan fingerprint density at radius 2 is 1.05 bits per heavy atom. The van der Waals surface area contributed by atoms with Crippen molar-refractivity contribution in [1.29, 1.82) is 0 Å². The van der Waals surface area contributed by atoms with Gasteiger partial charge in [-0.25, -0.2) is 0 Å². The molecule has 15 N–H and O–H groups in total. The highest BCUT2D eigenvalue weighted by molar-refractivity contribution is 5.82. The lowest BCUT2D eigenvalue weighted by Gasteiger charge is -2.69. The predicted octanol–water partition coefficient (Wildman–Crippen LogP) is -2.24. The van der Waals surface area contributed by atoms with Crippen LogP contribution >= 0.6 is 0 Å². The second-order valence-corrected chi connectivity index (χ2v) is 28.7. The van der Waals surface area contributed by atoms with Crippen LogP contribution in [0.3, 0.4) is 0 Å². The first-order valence-corrected chi connectivity index (χ1v) is 30.8. The number of esters is 1. The molecule has 3 saturated carbocycles. The molecule has 5 heterocycles. The quantitative estimate of drug-likeness (QED) is 0.0685. The smallest absolute Gasteiger partial charge is 0.318 e. The van der Waals surface area contributed by atoms with Gasteiger partial charge in [0.25, 0.3) is 0 Å². The molecule has 0 spiro atoms. The zero-order valence-electron chi connectivity index (χ0n) is 50.5. The number of hydrogen-bond donors (Lipinski definition) is 15. The molecule has 0 aromatic carbocycles. The first kappa shape index (κ1) is 66.9. The van der Waals surface area contributed by atoms with Gasteiger partial charge in [0.1, 0.15) is 110 Å². The summed E-state index contributed by atoms with van der Waals surface area (Å²) >= 11 is 0. The third-order valence-corrected chi connectivity index (χ3v) is 22.8. The van der Waals surface area contributed by atoms with E-state index in [0.717, 1.165) is 24.0 Å². The summed E-state index contributed by atoms with van der Waals surface area (Å²) in [6.45, 7) is 16.5. The van der Waals surface area contributed by atoms with Crippen LogP contribution < -0.4 is 0 Å². The van der Waals surface area contributed by atoms with Crippen LogP contribution in [0.1, 0.15) is 120 Å². The Morgan fingerprint density at radius 3 is 1.66 bits per heavy atom. The fourth-order valence-corrected chi connectivity index (χ4v) is 17.1. The van der Waals surface area contributed by atoms with Crippen molar-refractivity contribution in [3.8, 4) is 0 Å². The predicted molar refractivity (Wildman–Crippen MR) is 293 cm³/mol. The third kappa shape index (κ3) is 11.1. The van der Waals surface area contributed by atoms with Crippen molar-refractivity contribution in [1.82, 2.24) is 0 Å². The summed E-state index contributed by atoms with van der Waals surface area (Å²) in [5.41, 5.74) is -0.942. The number of carbonyl (C=O) groups is 1. The Hall–Kier alpha value is -2.01. The van der Waals surface area contributed by atoms with Crippen LogP contribution in [0, 0.1) is 44.3 Å². The molecule has 10 aliphatic rings. The van der Waals surface area contributed by atoms with Gasteiger partial charge in [-0.05, 0) is 122 Å². The van der Waals surface area contributed by atoms with Gasteiger partial charge < -0.3 is 124 Å². The maximum atomic E-state index is 15.2. The number of carbonyl (C=O) groups excluding carboxylic acids is 1. The van der Waals surface area contributed by atoms with Crippen LogP contribution in [-0.2, 0) is 52.2 Å².